The molecule has 31 heavy (non-hydrogen) atoms. The van der Waals surface area contributed by atoms with E-state index in [1.807, 2.05) is 0 Å². The van der Waals surface area contributed by atoms with Crippen molar-refractivity contribution in [3.63, 3.8) is 0 Å². The van der Waals surface area contributed by atoms with Gasteiger partial charge in [0, 0.05) is 22.7 Å². The van der Waals surface area contributed by atoms with E-state index in [9.17, 15) is 24.8 Å². The molecule has 1 aliphatic heterocycles. The van der Waals surface area contributed by atoms with Gasteiger partial charge in [0.15, 0.2) is 0 Å². The molecule has 0 saturated carbocycles. The van der Waals surface area contributed by atoms with Gasteiger partial charge in [-0.25, -0.2) is 0 Å². The van der Waals surface area contributed by atoms with Gasteiger partial charge in [0.1, 0.15) is 5.76 Å². The average Bonchev–Trinajstić information content (AvgIpc) is 3.04. The molecule has 8 heteroatoms. The average molecular weight is 435 g/mol. The van der Waals surface area contributed by atoms with E-state index in [4.69, 9.17) is 11.6 Å². The van der Waals surface area contributed by atoms with Crippen molar-refractivity contribution in [1.29, 1.82) is 0 Å². The van der Waals surface area contributed by atoms with Crippen LogP contribution in [0.15, 0.2) is 84.4 Å². The number of nitro groups is 1. The maximum Gasteiger partial charge on any atom is 0.300 e. The van der Waals surface area contributed by atoms with E-state index >= 15 is 0 Å². The summed E-state index contributed by atoms with van der Waals surface area (Å²) >= 11 is 6.39. The van der Waals surface area contributed by atoms with E-state index in [0.29, 0.717) is 11.1 Å². The number of non-ortho nitro benzene ring substituents is 1. The Hall–Kier alpha value is -3.97. The maximum absolute atomic E-state index is 13.0. The number of Topliss-reactive ketones (excluding diaryl/α,β-unsaturated/α-hetero) is 1. The Morgan fingerprint density at radius 2 is 1.65 bits per heavy atom. The molecule has 1 amide bonds. The summed E-state index contributed by atoms with van der Waals surface area (Å²) in [4.78, 5) is 37.9. The Morgan fingerprint density at radius 3 is 2.32 bits per heavy atom. The molecule has 4 rings (SSSR count). The Labute approximate surface area is 182 Å². The number of ketones is 1. The zero-order valence-corrected chi connectivity index (χ0v) is 16.7. The molecule has 154 valence electrons. The van der Waals surface area contributed by atoms with E-state index < -0.39 is 22.7 Å². The second-order valence-electron chi connectivity index (χ2n) is 6.83. The number of halogens is 1. The Kier molecular flexibility index (Phi) is 5.27. The zero-order chi connectivity index (χ0) is 22.1. The maximum atomic E-state index is 13.0. The first-order chi connectivity index (χ1) is 14.9. The van der Waals surface area contributed by atoms with Crippen molar-refractivity contribution in [2.75, 3.05) is 4.90 Å². The standard InChI is InChI=1S/C23H15ClN2O5/c24-18-12-5-4-11-17(18)20-19(21(27)14-7-2-1-3-8-14)22(28)23(29)25(20)15-9-6-10-16(13-15)26(30)31/h1-13,20,27H. The monoisotopic (exact) mass is 434 g/mol. The first kappa shape index (κ1) is 20.3. The van der Waals surface area contributed by atoms with Crippen molar-refractivity contribution < 1.29 is 19.6 Å². The van der Waals surface area contributed by atoms with Gasteiger partial charge >= 0.3 is 0 Å². The number of amides is 1. The van der Waals surface area contributed by atoms with Crippen LogP contribution in [0, 0.1) is 10.1 Å². The van der Waals surface area contributed by atoms with Gasteiger partial charge < -0.3 is 5.11 Å². The highest BCUT2D eigenvalue weighted by molar-refractivity contribution is 6.52. The normalized spacial score (nSPS) is 17.7. The van der Waals surface area contributed by atoms with Gasteiger partial charge in [-0.05, 0) is 17.7 Å². The lowest BCUT2D eigenvalue weighted by Crippen LogP contribution is -2.29. The van der Waals surface area contributed by atoms with Gasteiger partial charge in [-0.15, -0.1) is 0 Å². The Balaban J connectivity index is 1.98. The first-order valence-electron chi connectivity index (χ1n) is 9.25. The third-order valence-corrected chi connectivity index (χ3v) is 5.35. The molecule has 3 aromatic rings. The van der Waals surface area contributed by atoms with E-state index in [-0.39, 0.29) is 27.7 Å². The fourth-order valence-electron chi connectivity index (χ4n) is 3.60. The molecule has 0 spiro atoms. The van der Waals surface area contributed by atoms with E-state index in [0.717, 1.165) is 4.90 Å². The largest absolute Gasteiger partial charge is 0.507 e. The lowest BCUT2D eigenvalue weighted by atomic mass is 9.95. The highest BCUT2D eigenvalue weighted by Gasteiger charge is 2.47. The third-order valence-electron chi connectivity index (χ3n) is 5.01. The summed E-state index contributed by atoms with van der Waals surface area (Å²) in [5, 5.41) is 22.5. The highest BCUT2D eigenvalue weighted by atomic mass is 35.5. The van der Waals surface area contributed by atoms with Crippen LogP contribution < -0.4 is 4.90 Å². The molecule has 0 bridgehead atoms. The number of carbonyl (C=O) groups excluding carboxylic acids is 2. The van der Waals surface area contributed by atoms with Crippen LogP contribution in [0.4, 0.5) is 11.4 Å². The second-order valence-corrected chi connectivity index (χ2v) is 7.24. The molecule has 1 unspecified atom stereocenters. The van der Waals surface area contributed by atoms with Crippen LogP contribution in [-0.2, 0) is 9.59 Å². The lowest BCUT2D eigenvalue weighted by Gasteiger charge is -2.26. The van der Waals surface area contributed by atoms with Crippen molar-refractivity contribution in [2.45, 2.75) is 6.04 Å². The molecule has 1 atom stereocenters. The number of anilines is 1. The molecule has 7 nitrogen and oxygen atoms in total. The van der Waals surface area contributed by atoms with E-state index in [1.54, 1.807) is 54.6 Å². The van der Waals surface area contributed by atoms with Gasteiger partial charge in [0.05, 0.1) is 22.2 Å². The minimum Gasteiger partial charge on any atom is -0.507 e. The summed E-state index contributed by atoms with van der Waals surface area (Å²) in [5.41, 5.74) is 0.536. The minimum atomic E-state index is -1.06. The predicted molar refractivity (Wildman–Crippen MR) is 116 cm³/mol. The SMILES string of the molecule is O=C1C(=O)N(c2cccc([N+](=O)[O-])c2)C(c2ccccc2Cl)C1=C(O)c1ccccc1. The summed E-state index contributed by atoms with van der Waals surface area (Å²) < 4.78 is 0. The quantitative estimate of drug-likeness (QED) is 0.207. The molecule has 1 N–H and O–H groups in total. The number of hydrogen-bond donors (Lipinski definition) is 1. The van der Waals surface area contributed by atoms with Gasteiger partial charge in [0.25, 0.3) is 17.4 Å². The minimum absolute atomic E-state index is 0.143. The number of nitro benzene ring substituents is 1. The van der Waals surface area contributed by atoms with Crippen LogP contribution >= 0.6 is 11.6 Å². The molecule has 0 aliphatic carbocycles. The number of aliphatic hydroxyl groups excluding tert-OH is 1. The van der Waals surface area contributed by atoms with Gasteiger partial charge in [0.2, 0.25) is 0 Å². The fourth-order valence-corrected chi connectivity index (χ4v) is 3.84. The number of carbonyl (C=O) groups is 2. The highest BCUT2D eigenvalue weighted by Crippen LogP contribution is 2.44. The van der Waals surface area contributed by atoms with Crippen molar-refractivity contribution >= 4 is 40.4 Å². The summed E-state index contributed by atoms with van der Waals surface area (Å²) in [5.74, 6) is -2.17. The van der Waals surface area contributed by atoms with Crippen molar-refractivity contribution in [3.05, 3.63) is 111 Å². The van der Waals surface area contributed by atoms with Gasteiger partial charge in [-0.2, -0.15) is 0 Å². The van der Waals surface area contributed by atoms with Crippen molar-refractivity contribution in [3.8, 4) is 0 Å². The molecular formula is C23H15ClN2O5. The van der Waals surface area contributed by atoms with Crippen LogP contribution in [0.1, 0.15) is 17.2 Å². The Morgan fingerprint density at radius 1 is 0.968 bits per heavy atom. The van der Waals surface area contributed by atoms with Gasteiger partial charge in [-0.1, -0.05) is 66.2 Å². The van der Waals surface area contributed by atoms with Crippen molar-refractivity contribution in [1.82, 2.24) is 0 Å². The third kappa shape index (κ3) is 3.55. The second kappa shape index (κ2) is 8.04. The molecular weight excluding hydrogens is 420 g/mol. The zero-order valence-electron chi connectivity index (χ0n) is 15.9. The summed E-state index contributed by atoms with van der Waals surface area (Å²) in [7, 11) is 0. The van der Waals surface area contributed by atoms with Crippen molar-refractivity contribution in [2.24, 2.45) is 0 Å². The molecule has 0 radical (unpaired) electrons. The number of benzene rings is 3. The first-order valence-corrected chi connectivity index (χ1v) is 9.63. The Bertz CT molecular complexity index is 1240. The predicted octanol–water partition coefficient (Wildman–Crippen LogP) is 4.87. The van der Waals surface area contributed by atoms with E-state index in [2.05, 4.69) is 0 Å². The van der Waals surface area contributed by atoms with E-state index in [1.165, 1.54) is 24.3 Å². The number of hydrogen-bond acceptors (Lipinski definition) is 5. The lowest BCUT2D eigenvalue weighted by molar-refractivity contribution is -0.384. The number of nitrogens with zero attached hydrogens (tertiary/aromatic N) is 2. The summed E-state index contributed by atoms with van der Waals surface area (Å²) in [6.45, 7) is 0. The van der Waals surface area contributed by atoms with Gasteiger partial charge in [-0.3, -0.25) is 24.6 Å². The number of rotatable bonds is 4. The summed E-state index contributed by atoms with van der Waals surface area (Å²) in [6, 6.07) is 19.3. The van der Waals surface area contributed by atoms with Crippen LogP contribution in [0.25, 0.3) is 5.76 Å². The molecule has 1 aliphatic rings. The fraction of sp³-hybridized carbons (Fsp3) is 0.0435. The molecule has 0 aromatic heterocycles. The van der Waals surface area contributed by atoms with Crippen LogP contribution in [-0.4, -0.2) is 21.7 Å². The summed E-state index contributed by atoms with van der Waals surface area (Å²) in [6.07, 6.45) is 0. The number of aliphatic hydroxyl groups is 1. The van der Waals surface area contributed by atoms with Crippen LogP contribution in [0.3, 0.4) is 0 Å². The molecule has 1 heterocycles. The topological polar surface area (TPSA) is 101 Å². The molecule has 1 saturated heterocycles. The molecule has 1 fully saturated rings. The smallest absolute Gasteiger partial charge is 0.300 e. The van der Waals surface area contributed by atoms with Crippen LogP contribution in [0.2, 0.25) is 5.02 Å². The molecule has 3 aromatic carbocycles. The van der Waals surface area contributed by atoms with Crippen LogP contribution in [0.5, 0.6) is 0 Å².